The normalized spacial score (nSPS) is 11.4. The van der Waals surface area contributed by atoms with Gasteiger partial charge in [-0.15, -0.1) is 0 Å². The van der Waals surface area contributed by atoms with Gasteiger partial charge in [-0.2, -0.15) is 0 Å². The van der Waals surface area contributed by atoms with Crippen molar-refractivity contribution in [2.75, 3.05) is 19.5 Å². The molecule has 0 saturated carbocycles. The van der Waals surface area contributed by atoms with Crippen LogP contribution < -0.4 is 14.8 Å². The smallest absolute Gasteiger partial charge is 0.346 e. The summed E-state index contributed by atoms with van der Waals surface area (Å²) < 4.78 is 15.6. The molecule has 0 radical (unpaired) electrons. The van der Waals surface area contributed by atoms with Gasteiger partial charge in [-0.1, -0.05) is 18.2 Å². The van der Waals surface area contributed by atoms with Crippen LogP contribution in [0.5, 0.6) is 11.5 Å². The summed E-state index contributed by atoms with van der Waals surface area (Å²) in [5, 5.41) is 2.72. The average Bonchev–Trinajstić information content (AvgIpc) is 2.60. The maximum absolute atomic E-state index is 12.5. The number of methoxy groups -OCH3 is 2. The second kappa shape index (κ2) is 8.19. The van der Waals surface area contributed by atoms with Crippen LogP contribution in [-0.4, -0.2) is 32.2 Å². The first-order chi connectivity index (χ1) is 12.0. The van der Waals surface area contributed by atoms with Crippen molar-refractivity contribution in [3.63, 3.8) is 0 Å². The lowest BCUT2D eigenvalue weighted by Gasteiger charge is -2.16. The van der Waals surface area contributed by atoms with Crippen LogP contribution in [0, 0.1) is 6.92 Å². The first kappa shape index (κ1) is 18.3. The van der Waals surface area contributed by atoms with Gasteiger partial charge in [-0.25, -0.2) is 4.79 Å². The molecule has 0 aliphatic rings. The Labute approximate surface area is 146 Å². The Kier molecular flexibility index (Phi) is 6.00. The molecule has 2 aromatic rings. The first-order valence-corrected chi connectivity index (χ1v) is 7.75. The zero-order chi connectivity index (χ0) is 18.4. The maximum atomic E-state index is 12.5. The van der Waals surface area contributed by atoms with Crippen LogP contribution in [0.3, 0.4) is 0 Å². The summed E-state index contributed by atoms with van der Waals surface area (Å²) in [6.45, 7) is 3.43. The van der Waals surface area contributed by atoms with Crippen molar-refractivity contribution in [3.8, 4) is 11.5 Å². The molecule has 6 heteroatoms. The van der Waals surface area contributed by atoms with Gasteiger partial charge in [0.15, 0.2) is 6.10 Å². The molecule has 0 unspecified atom stereocenters. The molecule has 2 rings (SSSR count). The molecule has 0 bridgehead atoms. The standard InChI is InChI=1S/C19H21NO5/c1-12-7-5-8-14(11-12)20-18(21)13(2)25-19(22)17-15(23-3)9-6-10-16(17)24-4/h5-11,13H,1-4H3,(H,20,21)/t13-/m0/s1. The highest BCUT2D eigenvalue weighted by molar-refractivity contribution is 5.99. The van der Waals surface area contributed by atoms with E-state index in [1.165, 1.54) is 21.1 Å². The van der Waals surface area contributed by atoms with E-state index in [0.29, 0.717) is 17.2 Å². The molecule has 0 aromatic heterocycles. The van der Waals surface area contributed by atoms with E-state index in [4.69, 9.17) is 14.2 Å². The third-order valence-corrected chi connectivity index (χ3v) is 3.57. The predicted octanol–water partition coefficient (Wildman–Crippen LogP) is 3.20. The van der Waals surface area contributed by atoms with Gasteiger partial charge in [0.05, 0.1) is 14.2 Å². The molecule has 0 aliphatic carbocycles. The van der Waals surface area contributed by atoms with E-state index in [2.05, 4.69) is 5.32 Å². The zero-order valence-corrected chi connectivity index (χ0v) is 14.7. The minimum absolute atomic E-state index is 0.141. The minimum Gasteiger partial charge on any atom is -0.496 e. The number of benzene rings is 2. The molecule has 25 heavy (non-hydrogen) atoms. The molecular weight excluding hydrogens is 322 g/mol. The van der Waals surface area contributed by atoms with Crippen LogP contribution in [0.2, 0.25) is 0 Å². The van der Waals surface area contributed by atoms with Crippen LogP contribution in [0.25, 0.3) is 0 Å². The van der Waals surface area contributed by atoms with Crippen LogP contribution in [0.1, 0.15) is 22.8 Å². The van der Waals surface area contributed by atoms with Crippen molar-refractivity contribution in [2.24, 2.45) is 0 Å². The van der Waals surface area contributed by atoms with Gasteiger partial charge in [-0.3, -0.25) is 4.79 Å². The van der Waals surface area contributed by atoms with Crippen LogP contribution in [0.15, 0.2) is 42.5 Å². The second-order valence-electron chi connectivity index (χ2n) is 5.44. The number of aryl methyl sites for hydroxylation is 1. The molecule has 6 nitrogen and oxygen atoms in total. The minimum atomic E-state index is -0.984. The Hall–Kier alpha value is -3.02. The predicted molar refractivity (Wildman–Crippen MR) is 94.2 cm³/mol. The van der Waals surface area contributed by atoms with Gasteiger partial charge in [0.1, 0.15) is 17.1 Å². The molecule has 1 amide bonds. The van der Waals surface area contributed by atoms with E-state index < -0.39 is 18.0 Å². The number of rotatable bonds is 6. The fourth-order valence-corrected chi connectivity index (χ4v) is 2.29. The summed E-state index contributed by atoms with van der Waals surface area (Å²) in [7, 11) is 2.89. The van der Waals surface area contributed by atoms with Crippen molar-refractivity contribution >= 4 is 17.6 Å². The summed E-state index contributed by atoms with van der Waals surface area (Å²) in [6.07, 6.45) is -0.984. The van der Waals surface area contributed by atoms with Gasteiger partial charge in [0, 0.05) is 5.69 Å². The summed E-state index contributed by atoms with van der Waals surface area (Å²) in [6, 6.07) is 12.3. The van der Waals surface area contributed by atoms with Crippen molar-refractivity contribution in [1.29, 1.82) is 0 Å². The van der Waals surface area contributed by atoms with E-state index in [9.17, 15) is 9.59 Å². The van der Waals surface area contributed by atoms with Gasteiger partial charge in [0.2, 0.25) is 0 Å². The Morgan fingerprint density at radius 3 is 2.16 bits per heavy atom. The van der Waals surface area contributed by atoms with Crippen molar-refractivity contribution in [2.45, 2.75) is 20.0 Å². The fourth-order valence-electron chi connectivity index (χ4n) is 2.29. The molecule has 132 valence electrons. The highest BCUT2D eigenvalue weighted by Gasteiger charge is 2.24. The Morgan fingerprint density at radius 1 is 1.00 bits per heavy atom. The Balaban J connectivity index is 2.11. The molecule has 0 fully saturated rings. The molecule has 0 heterocycles. The Bertz CT molecular complexity index is 750. The Morgan fingerprint density at radius 2 is 1.60 bits per heavy atom. The number of amides is 1. The number of anilines is 1. The maximum Gasteiger partial charge on any atom is 0.346 e. The highest BCUT2D eigenvalue weighted by atomic mass is 16.6. The van der Waals surface area contributed by atoms with Crippen molar-refractivity contribution < 1.29 is 23.8 Å². The van der Waals surface area contributed by atoms with Crippen molar-refractivity contribution in [3.05, 3.63) is 53.6 Å². The van der Waals surface area contributed by atoms with E-state index in [0.717, 1.165) is 5.56 Å². The number of carbonyl (C=O) groups is 2. The quantitative estimate of drug-likeness (QED) is 0.816. The SMILES string of the molecule is COc1cccc(OC)c1C(=O)O[C@@H](C)C(=O)Nc1cccc(C)c1. The lowest BCUT2D eigenvalue weighted by molar-refractivity contribution is -0.123. The van der Waals surface area contributed by atoms with E-state index in [1.54, 1.807) is 24.3 Å². The lowest BCUT2D eigenvalue weighted by atomic mass is 10.1. The monoisotopic (exact) mass is 343 g/mol. The molecule has 0 spiro atoms. The van der Waals surface area contributed by atoms with Gasteiger partial charge in [0.25, 0.3) is 5.91 Å². The summed E-state index contributed by atoms with van der Waals surface area (Å²) in [4.78, 5) is 24.7. The number of carbonyl (C=O) groups excluding carboxylic acids is 2. The molecule has 2 aromatic carbocycles. The number of hydrogen-bond donors (Lipinski definition) is 1. The van der Waals surface area contributed by atoms with E-state index in [1.807, 2.05) is 25.1 Å². The fraction of sp³-hybridized carbons (Fsp3) is 0.263. The van der Waals surface area contributed by atoms with E-state index >= 15 is 0 Å². The summed E-state index contributed by atoms with van der Waals surface area (Å²) in [5.41, 5.74) is 1.80. The van der Waals surface area contributed by atoms with Crippen LogP contribution in [0.4, 0.5) is 5.69 Å². The third kappa shape index (κ3) is 4.50. The summed E-state index contributed by atoms with van der Waals surface area (Å²) in [5.74, 6) is -0.486. The largest absolute Gasteiger partial charge is 0.496 e. The van der Waals surface area contributed by atoms with Crippen molar-refractivity contribution in [1.82, 2.24) is 0 Å². The van der Waals surface area contributed by atoms with Crippen LogP contribution >= 0.6 is 0 Å². The molecular formula is C19H21NO5. The molecule has 1 atom stereocenters. The zero-order valence-electron chi connectivity index (χ0n) is 14.7. The second-order valence-corrected chi connectivity index (χ2v) is 5.44. The topological polar surface area (TPSA) is 73.9 Å². The number of esters is 1. The highest BCUT2D eigenvalue weighted by Crippen LogP contribution is 2.29. The molecule has 0 saturated heterocycles. The van der Waals surface area contributed by atoms with Gasteiger partial charge >= 0.3 is 5.97 Å². The summed E-state index contributed by atoms with van der Waals surface area (Å²) >= 11 is 0. The average molecular weight is 343 g/mol. The van der Waals surface area contributed by atoms with Crippen LogP contribution in [-0.2, 0) is 9.53 Å². The first-order valence-electron chi connectivity index (χ1n) is 7.75. The van der Waals surface area contributed by atoms with Gasteiger partial charge in [-0.05, 0) is 43.7 Å². The number of hydrogen-bond acceptors (Lipinski definition) is 5. The number of nitrogens with one attached hydrogen (secondary N) is 1. The molecule has 0 aliphatic heterocycles. The number of ether oxygens (including phenoxy) is 3. The lowest BCUT2D eigenvalue weighted by Crippen LogP contribution is -2.30. The van der Waals surface area contributed by atoms with Gasteiger partial charge < -0.3 is 19.5 Å². The third-order valence-electron chi connectivity index (χ3n) is 3.57. The van der Waals surface area contributed by atoms with E-state index in [-0.39, 0.29) is 5.56 Å². The molecule has 1 N–H and O–H groups in total.